The molecule has 1 aromatic rings. The van der Waals surface area contributed by atoms with E-state index in [2.05, 4.69) is 18.7 Å². The van der Waals surface area contributed by atoms with Gasteiger partial charge in [-0.3, -0.25) is 0 Å². The Morgan fingerprint density at radius 2 is 1.92 bits per heavy atom. The van der Waals surface area contributed by atoms with Crippen molar-refractivity contribution in [3.63, 3.8) is 0 Å². The molecule has 1 heteroatoms. The summed E-state index contributed by atoms with van der Waals surface area (Å²) in [5.41, 5.74) is 0.731. The van der Waals surface area contributed by atoms with Crippen molar-refractivity contribution in [3.05, 3.63) is 48.6 Å². The maximum atomic E-state index is 9.73. The molecule has 0 radical (unpaired) electrons. The van der Waals surface area contributed by atoms with Gasteiger partial charge in [-0.05, 0) is 24.3 Å². The highest BCUT2D eigenvalue weighted by Crippen LogP contribution is 2.44. The summed E-state index contributed by atoms with van der Waals surface area (Å²) in [5.74, 6) is 0.518. The van der Waals surface area contributed by atoms with Gasteiger partial charge in [0.25, 0.3) is 0 Å². The maximum absolute atomic E-state index is 9.73. The van der Waals surface area contributed by atoms with Crippen molar-refractivity contribution in [1.29, 1.82) is 0 Å². The van der Waals surface area contributed by atoms with E-state index in [1.54, 1.807) is 6.08 Å². The molecule has 1 nitrogen and oxygen atoms in total. The molecule has 2 rings (SSSR count). The minimum absolute atomic E-state index is 0.518. The van der Waals surface area contributed by atoms with Crippen molar-refractivity contribution in [2.45, 2.75) is 24.4 Å². The molecule has 68 valence electrons. The first-order valence-electron chi connectivity index (χ1n) is 4.64. The first-order valence-corrected chi connectivity index (χ1v) is 4.64. The van der Waals surface area contributed by atoms with Crippen molar-refractivity contribution in [2.24, 2.45) is 0 Å². The van der Waals surface area contributed by atoms with Crippen LogP contribution in [0.3, 0.4) is 0 Å². The predicted octanol–water partition coefficient (Wildman–Crippen LogP) is 2.48. The molecular formula is C12H14O. The van der Waals surface area contributed by atoms with Crippen LogP contribution in [0.15, 0.2) is 43.0 Å². The lowest BCUT2D eigenvalue weighted by Gasteiger charge is -2.41. The van der Waals surface area contributed by atoms with Crippen LogP contribution in [0, 0.1) is 0 Å². The third kappa shape index (κ3) is 1.52. The highest BCUT2D eigenvalue weighted by molar-refractivity contribution is 5.26. The maximum Gasteiger partial charge on any atom is 0.0836 e. The molecule has 0 unspecified atom stereocenters. The predicted molar refractivity (Wildman–Crippen MR) is 53.6 cm³/mol. The van der Waals surface area contributed by atoms with E-state index < -0.39 is 5.60 Å². The summed E-state index contributed by atoms with van der Waals surface area (Å²) < 4.78 is 0. The summed E-state index contributed by atoms with van der Waals surface area (Å²) in [6.45, 7) is 3.63. The van der Waals surface area contributed by atoms with E-state index in [0.29, 0.717) is 5.92 Å². The Kier molecular flexibility index (Phi) is 1.97. The van der Waals surface area contributed by atoms with E-state index in [-0.39, 0.29) is 0 Å². The molecule has 0 heterocycles. The van der Waals surface area contributed by atoms with Gasteiger partial charge in [0.15, 0.2) is 0 Å². The first kappa shape index (κ1) is 8.52. The molecule has 1 aromatic carbocycles. The zero-order valence-corrected chi connectivity index (χ0v) is 7.61. The molecule has 1 fully saturated rings. The molecule has 0 saturated heterocycles. The Morgan fingerprint density at radius 1 is 1.31 bits per heavy atom. The molecule has 0 aromatic heterocycles. The van der Waals surface area contributed by atoms with E-state index >= 15 is 0 Å². The second-order valence-corrected chi connectivity index (χ2v) is 3.82. The van der Waals surface area contributed by atoms with Gasteiger partial charge in [-0.25, -0.2) is 0 Å². The molecule has 1 aliphatic carbocycles. The molecule has 0 bridgehead atoms. The SMILES string of the molecule is C=C[C@]1(O)C[C@H](c2ccccc2)C1. The smallest absolute Gasteiger partial charge is 0.0836 e. The lowest BCUT2D eigenvalue weighted by Crippen LogP contribution is -2.40. The molecular weight excluding hydrogens is 160 g/mol. The average Bonchev–Trinajstić information content (AvgIpc) is 2.14. The summed E-state index contributed by atoms with van der Waals surface area (Å²) in [5, 5.41) is 9.73. The number of hydrogen-bond donors (Lipinski definition) is 1. The Hall–Kier alpha value is -1.08. The van der Waals surface area contributed by atoms with E-state index in [0.717, 1.165) is 12.8 Å². The van der Waals surface area contributed by atoms with Gasteiger partial charge in [-0.2, -0.15) is 0 Å². The zero-order valence-electron chi connectivity index (χ0n) is 7.61. The molecule has 0 aliphatic heterocycles. The topological polar surface area (TPSA) is 20.2 Å². The lowest BCUT2D eigenvalue weighted by atomic mass is 9.68. The highest BCUT2D eigenvalue weighted by atomic mass is 16.3. The standard InChI is InChI=1S/C12H14O/c1-2-12(13)8-11(9-12)10-6-4-3-5-7-10/h2-7,11,13H,1,8-9H2/t11-,12-. The van der Waals surface area contributed by atoms with Crippen molar-refractivity contribution >= 4 is 0 Å². The first-order chi connectivity index (χ1) is 6.23. The molecule has 0 atom stereocenters. The highest BCUT2D eigenvalue weighted by Gasteiger charge is 2.40. The van der Waals surface area contributed by atoms with Crippen LogP contribution >= 0.6 is 0 Å². The van der Waals surface area contributed by atoms with Gasteiger partial charge < -0.3 is 5.11 Å². The monoisotopic (exact) mass is 174 g/mol. The van der Waals surface area contributed by atoms with Gasteiger partial charge in [0.1, 0.15) is 0 Å². The summed E-state index contributed by atoms with van der Waals surface area (Å²) in [4.78, 5) is 0. The van der Waals surface area contributed by atoms with Crippen LogP contribution in [0.1, 0.15) is 24.3 Å². The Labute approximate surface area is 78.7 Å². The largest absolute Gasteiger partial charge is 0.386 e. The van der Waals surface area contributed by atoms with Crippen molar-refractivity contribution in [3.8, 4) is 0 Å². The quantitative estimate of drug-likeness (QED) is 0.683. The van der Waals surface area contributed by atoms with Gasteiger partial charge in [-0.1, -0.05) is 36.4 Å². The van der Waals surface area contributed by atoms with Crippen molar-refractivity contribution in [1.82, 2.24) is 0 Å². The number of hydrogen-bond acceptors (Lipinski definition) is 1. The fourth-order valence-electron chi connectivity index (χ4n) is 1.92. The summed E-state index contributed by atoms with van der Waals surface area (Å²) in [7, 11) is 0. The Morgan fingerprint density at radius 3 is 2.46 bits per heavy atom. The van der Waals surface area contributed by atoms with Gasteiger partial charge in [0, 0.05) is 0 Å². The second kappa shape index (κ2) is 3.00. The molecule has 1 saturated carbocycles. The van der Waals surface area contributed by atoms with Crippen molar-refractivity contribution in [2.75, 3.05) is 0 Å². The van der Waals surface area contributed by atoms with Gasteiger partial charge >= 0.3 is 0 Å². The number of aliphatic hydroxyl groups is 1. The van der Waals surface area contributed by atoms with Crippen LogP contribution in [0.5, 0.6) is 0 Å². The Bertz CT molecular complexity index is 296. The van der Waals surface area contributed by atoms with E-state index in [1.807, 2.05) is 18.2 Å². The van der Waals surface area contributed by atoms with Crippen LogP contribution in [-0.4, -0.2) is 10.7 Å². The van der Waals surface area contributed by atoms with Crippen LogP contribution in [0.2, 0.25) is 0 Å². The van der Waals surface area contributed by atoms with Gasteiger partial charge in [0.05, 0.1) is 5.60 Å². The van der Waals surface area contributed by atoms with Gasteiger partial charge in [0.2, 0.25) is 0 Å². The molecule has 0 amide bonds. The fourth-order valence-corrected chi connectivity index (χ4v) is 1.92. The minimum atomic E-state index is -0.597. The van der Waals surface area contributed by atoms with E-state index in [1.165, 1.54) is 5.56 Å². The van der Waals surface area contributed by atoms with Crippen LogP contribution in [0.25, 0.3) is 0 Å². The number of benzene rings is 1. The molecule has 13 heavy (non-hydrogen) atoms. The van der Waals surface area contributed by atoms with Gasteiger partial charge in [-0.15, -0.1) is 6.58 Å². The van der Waals surface area contributed by atoms with E-state index in [4.69, 9.17) is 0 Å². The second-order valence-electron chi connectivity index (χ2n) is 3.82. The average molecular weight is 174 g/mol. The summed E-state index contributed by atoms with van der Waals surface area (Å²) in [6, 6.07) is 10.3. The fraction of sp³-hybridized carbons (Fsp3) is 0.333. The third-order valence-corrected chi connectivity index (χ3v) is 2.85. The van der Waals surface area contributed by atoms with Crippen LogP contribution in [0.4, 0.5) is 0 Å². The lowest BCUT2D eigenvalue weighted by molar-refractivity contribution is -0.00312. The Balaban J connectivity index is 2.05. The molecule has 1 N–H and O–H groups in total. The van der Waals surface area contributed by atoms with Crippen molar-refractivity contribution < 1.29 is 5.11 Å². The normalized spacial score (nSPS) is 32.2. The minimum Gasteiger partial charge on any atom is -0.386 e. The summed E-state index contributed by atoms with van der Waals surface area (Å²) >= 11 is 0. The van der Waals surface area contributed by atoms with E-state index in [9.17, 15) is 5.11 Å². The zero-order chi connectivity index (χ0) is 9.31. The molecule has 0 spiro atoms. The summed E-state index contributed by atoms with van der Waals surface area (Å²) in [6.07, 6.45) is 3.30. The third-order valence-electron chi connectivity index (χ3n) is 2.85. The number of rotatable bonds is 2. The molecule has 1 aliphatic rings. The van der Waals surface area contributed by atoms with Crippen LogP contribution < -0.4 is 0 Å². The van der Waals surface area contributed by atoms with Crippen LogP contribution in [-0.2, 0) is 0 Å².